The summed E-state index contributed by atoms with van der Waals surface area (Å²) in [4.78, 5) is 0. The number of rotatable bonds is 5. The average Bonchev–Trinajstić information content (AvgIpc) is 2.28. The Morgan fingerprint density at radius 1 is 1.41 bits per heavy atom. The minimum Gasteiger partial charge on any atom is -0.393 e. The largest absolute Gasteiger partial charge is 0.393 e. The van der Waals surface area contributed by atoms with Gasteiger partial charge >= 0.3 is 0 Å². The van der Waals surface area contributed by atoms with Crippen LogP contribution in [0, 0.1) is 5.82 Å². The molecule has 0 amide bonds. The fraction of sp³-hybridized carbons (Fsp3) is 0.286. The van der Waals surface area contributed by atoms with Gasteiger partial charge in [0.05, 0.1) is 5.69 Å². The molecule has 1 aromatic rings. The Hall–Kier alpha value is -1.77. The minimum absolute atomic E-state index is 0.210. The van der Waals surface area contributed by atoms with E-state index in [2.05, 4.69) is 17.2 Å². The second-order valence-corrected chi connectivity index (χ2v) is 4.09. The van der Waals surface area contributed by atoms with Crippen LogP contribution in [0.4, 0.5) is 10.1 Å². The van der Waals surface area contributed by atoms with Gasteiger partial charge < -0.3 is 10.6 Å². The van der Waals surface area contributed by atoms with Crippen LogP contribution in [0.25, 0.3) is 5.57 Å². The zero-order chi connectivity index (χ0) is 12.8. The minimum atomic E-state index is -0.250. The highest BCUT2D eigenvalue weighted by Gasteiger charge is 2.06. The van der Waals surface area contributed by atoms with Crippen molar-refractivity contribution in [1.29, 1.82) is 0 Å². The second-order valence-electron chi connectivity index (χ2n) is 4.09. The molecule has 2 N–H and O–H groups in total. The molecule has 0 saturated heterocycles. The van der Waals surface area contributed by atoms with Crippen LogP contribution in [-0.4, -0.2) is 13.1 Å². The topological polar surface area (TPSA) is 24.1 Å². The highest BCUT2D eigenvalue weighted by atomic mass is 19.1. The Balaban J connectivity index is 3.03. The number of nitrogens with one attached hydrogen (secondary N) is 2. The van der Waals surface area contributed by atoms with Crippen LogP contribution in [0.2, 0.25) is 0 Å². The van der Waals surface area contributed by atoms with Gasteiger partial charge in [-0.15, -0.1) is 0 Å². The fourth-order valence-corrected chi connectivity index (χ4v) is 1.54. The van der Waals surface area contributed by atoms with E-state index < -0.39 is 0 Å². The maximum atomic E-state index is 13.8. The Bertz CT molecular complexity index is 422. The maximum Gasteiger partial charge on any atom is 0.146 e. The van der Waals surface area contributed by atoms with Crippen molar-refractivity contribution >= 4 is 11.3 Å². The first kappa shape index (κ1) is 13.3. The molecule has 17 heavy (non-hydrogen) atoms. The number of benzene rings is 1. The molecule has 0 bridgehead atoms. The van der Waals surface area contributed by atoms with Crippen molar-refractivity contribution in [3.05, 3.63) is 48.4 Å². The molecular weight excluding hydrogens is 215 g/mol. The number of allylic oxidation sites excluding steroid dienone is 2. The van der Waals surface area contributed by atoms with E-state index in [1.165, 1.54) is 6.07 Å². The van der Waals surface area contributed by atoms with Crippen LogP contribution in [0.3, 0.4) is 0 Å². The molecule has 0 aliphatic rings. The first-order chi connectivity index (χ1) is 8.08. The molecule has 2 nitrogen and oxygen atoms in total. The van der Waals surface area contributed by atoms with E-state index >= 15 is 0 Å². The number of hydrogen-bond donors (Lipinski definition) is 2. The van der Waals surface area contributed by atoms with Crippen molar-refractivity contribution in [2.24, 2.45) is 0 Å². The van der Waals surface area contributed by atoms with Crippen LogP contribution >= 0.6 is 0 Å². The lowest BCUT2D eigenvalue weighted by atomic mass is 10.1. The van der Waals surface area contributed by atoms with Gasteiger partial charge in [-0.25, -0.2) is 4.39 Å². The number of anilines is 1. The van der Waals surface area contributed by atoms with Crippen LogP contribution < -0.4 is 10.6 Å². The first-order valence-corrected chi connectivity index (χ1v) is 5.64. The van der Waals surface area contributed by atoms with Crippen molar-refractivity contribution in [3.63, 3.8) is 0 Å². The zero-order valence-corrected chi connectivity index (χ0v) is 10.5. The van der Waals surface area contributed by atoms with Gasteiger partial charge in [-0.3, -0.25) is 0 Å². The molecule has 0 fully saturated rings. The van der Waals surface area contributed by atoms with Gasteiger partial charge in [-0.1, -0.05) is 18.7 Å². The van der Waals surface area contributed by atoms with Gasteiger partial charge in [0.2, 0.25) is 0 Å². The van der Waals surface area contributed by atoms with E-state index in [1.807, 2.05) is 19.9 Å². The van der Waals surface area contributed by atoms with Gasteiger partial charge in [0.25, 0.3) is 0 Å². The summed E-state index contributed by atoms with van der Waals surface area (Å²) in [6.45, 7) is 7.66. The van der Waals surface area contributed by atoms with E-state index in [4.69, 9.17) is 0 Å². The summed E-state index contributed by atoms with van der Waals surface area (Å²) in [7, 11) is 1.80. The van der Waals surface area contributed by atoms with Crippen LogP contribution in [0.15, 0.2) is 37.1 Å². The molecule has 1 aromatic carbocycles. The monoisotopic (exact) mass is 234 g/mol. The van der Waals surface area contributed by atoms with Crippen molar-refractivity contribution in [2.45, 2.75) is 19.9 Å². The molecule has 0 aliphatic carbocycles. The molecule has 92 valence electrons. The van der Waals surface area contributed by atoms with E-state index in [0.29, 0.717) is 5.69 Å². The van der Waals surface area contributed by atoms with Crippen LogP contribution in [0.5, 0.6) is 0 Å². The summed E-state index contributed by atoms with van der Waals surface area (Å²) >= 11 is 0. The van der Waals surface area contributed by atoms with Gasteiger partial charge in [0, 0.05) is 19.3 Å². The van der Waals surface area contributed by atoms with Crippen molar-refractivity contribution in [3.8, 4) is 0 Å². The summed E-state index contributed by atoms with van der Waals surface area (Å²) in [5, 5.41) is 5.97. The lowest BCUT2D eigenvalue weighted by Gasteiger charge is -2.12. The molecule has 0 radical (unpaired) electrons. The van der Waals surface area contributed by atoms with Gasteiger partial charge in [-0.2, -0.15) is 0 Å². The summed E-state index contributed by atoms with van der Waals surface area (Å²) in [5.41, 5.74) is 2.19. The molecule has 3 heteroatoms. The standard InChI is InChI=1S/C14H19FN2/c1-5-11(9-16-4)12-6-7-14(13(15)8-12)17-10(2)3/h5-10,16-17H,1H2,2-4H3/b11-9+. The molecular formula is C14H19FN2. The van der Waals surface area contributed by atoms with Gasteiger partial charge in [0.15, 0.2) is 0 Å². The van der Waals surface area contributed by atoms with E-state index in [1.54, 1.807) is 25.4 Å². The van der Waals surface area contributed by atoms with Gasteiger partial charge in [-0.05, 0) is 37.1 Å². The van der Waals surface area contributed by atoms with Crippen LogP contribution in [-0.2, 0) is 0 Å². The molecule has 0 atom stereocenters. The summed E-state index contributed by atoms with van der Waals surface area (Å²) < 4.78 is 13.8. The lowest BCUT2D eigenvalue weighted by molar-refractivity contribution is 0.627. The predicted octanol–water partition coefficient (Wildman–Crippen LogP) is 3.39. The summed E-state index contributed by atoms with van der Waals surface area (Å²) in [5.74, 6) is -0.250. The van der Waals surface area contributed by atoms with E-state index in [-0.39, 0.29) is 11.9 Å². The summed E-state index contributed by atoms with van der Waals surface area (Å²) in [6.07, 6.45) is 3.48. The van der Waals surface area contributed by atoms with Crippen molar-refractivity contribution in [2.75, 3.05) is 12.4 Å². The lowest BCUT2D eigenvalue weighted by Crippen LogP contribution is -2.11. The Labute approximate surface area is 102 Å². The highest BCUT2D eigenvalue weighted by molar-refractivity contribution is 5.74. The van der Waals surface area contributed by atoms with Gasteiger partial charge in [0.1, 0.15) is 5.82 Å². The third-order valence-corrected chi connectivity index (χ3v) is 2.27. The molecule has 1 rings (SSSR count). The molecule has 0 spiro atoms. The van der Waals surface area contributed by atoms with Crippen molar-refractivity contribution in [1.82, 2.24) is 5.32 Å². The maximum absolute atomic E-state index is 13.8. The molecule has 0 saturated carbocycles. The number of hydrogen-bond acceptors (Lipinski definition) is 2. The summed E-state index contributed by atoms with van der Waals surface area (Å²) in [6, 6.07) is 5.34. The van der Waals surface area contributed by atoms with E-state index in [9.17, 15) is 4.39 Å². The molecule has 0 heterocycles. The Kier molecular flexibility index (Phi) is 4.76. The normalized spacial score (nSPS) is 11.5. The molecule has 0 aliphatic heterocycles. The highest BCUT2D eigenvalue weighted by Crippen LogP contribution is 2.21. The third-order valence-electron chi connectivity index (χ3n) is 2.27. The SMILES string of the molecule is C=C/C(=C\NC)c1ccc(NC(C)C)c(F)c1. The first-order valence-electron chi connectivity index (χ1n) is 5.64. The van der Waals surface area contributed by atoms with Crippen LogP contribution in [0.1, 0.15) is 19.4 Å². The van der Waals surface area contributed by atoms with E-state index in [0.717, 1.165) is 11.1 Å². The number of halogens is 1. The average molecular weight is 234 g/mol. The predicted molar refractivity (Wildman–Crippen MR) is 72.4 cm³/mol. The fourth-order valence-electron chi connectivity index (χ4n) is 1.54. The molecule has 0 aromatic heterocycles. The third kappa shape index (κ3) is 3.63. The Morgan fingerprint density at radius 2 is 2.12 bits per heavy atom. The smallest absolute Gasteiger partial charge is 0.146 e. The molecule has 0 unspecified atom stereocenters. The Morgan fingerprint density at radius 3 is 2.59 bits per heavy atom. The quantitative estimate of drug-likeness (QED) is 0.763. The second kappa shape index (κ2) is 6.09. The zero-order valence-electron chi connectivity index (χ0n) is 10.5. The van der Waals surface area contributed by atoms with Crippen molar-refractivity contribution < 1.29 is 4.39 Å².